The maximum Gasteiger partial charge on any atom is 0.257 e. The minimum Gasteiger partial charge on any atom is -0.494 e. The van der Waals surface area contributed by atoms with Crippen LogP contribution in [-0.2, 0) is 0 Å². The smallest absolute Gasteiger partial charge is 0.257 e. The zero-order valence-corrected chi connectivity index (χ0v) is 13.9. The molecular formula is C17H24N2O2S. The van der Waals surface area contributed by atoms with Gasteiger partial charge in [-0.05, 0) is 50.2 Å². The predicted molar refractivity (Wildman–Crippen MR) is 92.3 cm³/mol. The van der Waals surface area contributed by atoms with E-state index in [-0.39, 0.29) is 5.91 Å². The lowest BCUT2D eigenvalue weighted by Crippen LogP contribution is -2.44. The van der Waals surface area contributed by atoms with E-state index in [1.165, 1.54) is 25.7 Å². The fourth-order valence-electron chi connectivity index (χ4n) is 2.71. The van der Waals surface area contributed by atoms with Crippen molar-refractivity contribution in [3.63, 3.8) is 0 Å². The van der Waals surface area contributed by atoms with Gasteiger partial charge < -0.3 is 10.1 Å². The third kappa shape index (κ3) is 5.30. The molecule has 1 fully saturated rings. The van der Waals surface area contributed by atoms with Crippen molar-refractivity contribution in [1.82, 2.24) is 10.6 Å². The molecule has 4 nitrogen and oxygen atoms in total. The average Bonchev–Trinajstić information content (AvgIpc) is 2.76. The van der Waals surface area contributed by atoms with Gasteiger partial charge in [0, 0.05) is 11.6 Å². The largest absolute Gasteiger partial charge is 0.494 e. The van der Waals surface area contributed by atoms with Crippen LogP contribution in [0.1, 0.15) is 55.8 Å². The van der Waals surface area contributed by atoms with Gasteiger partial charge in [-0.25, -0.2) is 0 Å². The van der Waals surface area contributed by atoms with E-state index in [9.17, 15) is 4.79 Å². The number of carbonyl (C=O) groups excluding carboxylic acids is 1. The number of nitrogens with one attached hydrogen (secondary N) is 2. The topological polar surface area (TPSA) is 50.4 Å². The summed E-state index contributed by atoms with van der Waals surface area (Å²) in [5.41, 5.74) is 0.552. The predicted octanol–water partition coefficient (Wildman–Crippen LogP) is 3.41. The highest BCUT2D eigenvalue weighted by Crippen LogP contribution is 2.17. The molecular weight excluding hydrogens is 296 g/mol. The summed E-state index contributed by atoms with van der Waals surface area (Å²) in [5, 5.41) is 6.44. The molecule has 1 aromatic carbocycles. The molecule has 0 aromatic heterocycles. The summed E-state index contributed by atoms with van der Waals surface area (Å²) < 4.78 is 5.41. The molecule has 0 radical (unpaired) electrons. The lowest BCUT2D eigenvalue weighted by Gasteiger charge is -2.18. The van der Waals surface area contributed by atoms with Crippen molar-refractivity contribution in [3.05, 3.63) is 29.8 Å². The van der Waals surface area contributed by atoms with Crippen molar-refractivity contribution in [2.24, 2.45) is 0 Å². The Hall–Kier alpha value is -1.62. The molecule has 0 aliphatic heterocycles. The second kappa shape index (κ2) is 8.73. The van der Waals surface area contributed by atoms with Crippen LogP contribution < -0.4 is 15.4 Å². The highest BCUT2D eigenvalue weighted by molar-refractivity contribution is 7.80. The average molecular weight is 320 g/mol. The van der Waals surface area contributed by atoms with E-state index in [1.54, 1.807) is 12.1 Å². The van der Waals surface area contributed by atoms with Crippen LogP contribution >= 0.6 is 12.2 Å². The first-order chi connectivity index (χ1) is 10.7. The molecule has 1 aliphatic rings. The van der Waals surface area contributed by atoms with Crippen LogP contribution in [0, 0.1) is 0 Å². The Morgan fingerprint density at radius 1 is 1.27 bits per heavy atom. The number of carbonyl (C=O) groups is 1. The Labute approximate surface area is 137 Å². The highest BCUT2D eigenvalue weighted by atomic mass is 32.1. The minimum absolute atomic E-state index is 0.201. The molecule has 0 atom stereocenters. The van der Waals surface area contributed by atoms with Gasteiger partial charge in [-0.15, -0.1) is 0 Å². The van der Waals surface area contributed by atoms with Crippen molar-refractivity contribution in [2.75, 3.05) is 6.61 Å². The van der Waals surface area contributed by atoms with Gasteiger partial charge in [0.15, 0.2) is 5.11 Å². The van der Waals surface area contributed by atoms with Gasteiger partial charge in [-0.3, -0.25) is 10.1 Å². The molecule has 0 heterocycles. The summed E-state index contributed by atoms with van der Waals surface area (Å²) in [4.78, 5) is 12.2. The molecule has 5 heteroatoms. The van der Waals surface area contributed by atoms with Crippen molar-refractivity contribution < 1.29 is 9.53 Å². The molecule has 2 N–H and O–H groups in total. The van der Waals surface area contributed by atoms with Crippen molar-refractivity contribution in [2.45, 2.75) is 51.5 Å². The summed E-state index contributed by atoms with van der Waals surface area (Å²) in [5.74, 6) is 0.491. The standard InChI is InChI=1S/C17H24N2O2S/c1-2-21-15-11-7-8-13(12-15)16(20)19-17(22)18-14-9-5-3-4-6-10-14/h7-8,11-12,14H,2-6,9-10H2,1H3,(H2,18,19,20,22). The SMILES string of the molecule is CCOc1cccc(C(=O)NC(=S)NC2CCCCCC2)c1. The lowest BCUT2D eigenvalue weighted by molar-refractivity contribution is 0.0976. The molecule has 2 rings (SSSR count). The number of hydrogen-bond donors (Lipinski definition) is 2. The molecule has 0 spiro atoms. The van der Waals surface area contributed by atoms with E-state index in [1.807, 2.05) is 19.1 Å². The van der Waals surface area contributed by atoms with Crippen LogP contribution in [0.25, 0.3) is 0 Å². The fourth-order valence-corrected chi connectivity index (χ4v) is 2.97. The Bertz CT molecular complexity index is 511. The quantitative estimate of drug-likeness (QED) is 0.659. The van der Waals surface area contributed by atoms with Crippen LogP contribution in [0.2, 0.25) is 0 Å². The number of amides is 1. The number of thiocarbonyl (C=S) groups is 1. The van der Waals surface area contributed by atoms with Crippen molar-refractivity contribution >= 4 is 23.2 Å². The van der Waals surface area contributed by atoms with Gasteiger partial charge in [0.1, 0.15) is 5.75 Å². The zero-order valence-electron chi connectivity index (χ0n) is 13.1. The minimum atomic E-state index is -0.201. The lowest BCUT2D eigenvalue weighted by atomic mass is 10.1. The molecule has 120 valence electrons. The van der Waals surface area contributed by atoms with E-state index in [4.69, 9.17) is 17.0 Å². The van der Waals surface area contributed by atoms with Gasteiger partial charge in [0.05, 0.1) is 6.61 Å². The maximum absolute atomic E-state index is 12.2. The van der Waals surface area contributed by atoms with Gasteiger partial charge in [-0.2, -0.15) is 0 Å². The molecule has 1 aliphatic carbocycles. The van der Waals surface area contributed by atoms with Gasteiger partial charge in [0.25, 0.3) is 5.91 Å². The summed E-state index contributed by atoms with van der Waals surface area (Å²) in [6.45, 7) is 2.49. The van der Waals surface area contributed by atoms with E-state index in [0.717, 1.165) is 12.8 Å². The number of hydrogen-bond acceptors (Lipinski definition) is 3. The second-order valence-corrected chi connectivity index (χ2v) is 5.99. The molecule has 0 bridgehead atoms. The fraction of sp³-hybridized carbons (Fsp3) is 0.529. The Morgan fingerprint density at radius 2 is 2.00 bits per heavy atom. The van der Waals surface area contributed by atoms with E-state index >= 15 is 0 Å². The number of ether oxygens (including phenoxy) is 1. The Balaban J connectivity index is 1.87. The van der Waals surface area contributed by atoms with Gasteiger partial charge >= 0.3 is 0 Å². The van der Waals surface area contributed by atoms with Crippen molar-refractivity contribution in [1.29, 1.82) is 0 Å². The van der Waals surface area contributed by atoms with Gasteiger partial charge in [0.2, 0.25) is 0 Å². The van der Waals surface area contributed by atoms with Crippen LogP contribution in [0.4, 0.5) is 0 Å². The summed E-state index contributed by atoms with van der Waals surface area (Å²) in [7, 11) is 0. The molecule has 1 amide bonds. The van der Waals surface area contributed by atoms with Crippen LogP contribution in [0.3, 0.4) is 0 Å². The first-order valence-corrected chi connectivity index (χ1v) is 8.44. The van der Waals surface area contributed by atoms with E-state index in [0.29, 0.717) is 29.1 Å². The Morgan fingerprint density at radius 3 is 2.68 bits per heavy atom. The third-order valence-corrected chi connectivity index (χ3v) is 4.04. The zero-order chi connectivity index (χ0) is 15.8. The van der Waals surface area contributed by atoms with Gasteiger partial charge in [-0.1, -0.05) is 31.7 Å². The summed E-state index contributed by atoms with van der Waals surface area (Å²) in [6, 6.07) is 7.51. The first-order valence-electron chi connectivity index (χ1n) is 8.03. The summed E-state index contributed by atoms with van der Waals surface area (Å²) >= 11 is 5.27. The monoisotopic (exact) mass is 320 g/mol. The van der Waals surface area contributed by atoms with E-state index < -0.39 is 0 Å². The number of benzene rings is 1. The van der Waals surface area contributed by atoms with Crippen LogP contribution in [-0.4, -0.2) is 23.7 Å². The maximum atomic E-state index is 12.2. The second-order valence-electron chi connectivity index (χ2n) is 5.58. The normalized spacial score (nSPS) is 15.7. The molecule has 1 aromatic rings. The number of rotatable bonds is 4. The molecule has 0 saturated heterocycles. The first kappa shape index (κ1) is 16.7. The summed E-state index contributed by atoms with van der Waals surface area (Å²) in [6.07, 6.45) is 7.28. The molecule has 1 saturated carbocycles. The highest BCUT2D eigenvalue weighted by Gasteiger charge is 2.15. The van der Waals surface area contributed by atoms with Crippen LogP contribution in [0.15, 0.2) is 24.3 Å². The third-order valence-electron chi connectivity index (χ3n) is 3.82. The Kier molecular flexibility index (Phi) is 6.65. The van der Waals surface area contributed by atoms with Crippen molar-refractivity contribution in [3.8, 4) is 5.75 Å². The molecule has 22 heavy (non-hydrogen) atoms. The molecule has 0 unspecified atom stereocenters. The van der Waals surface area contributed by atoms with E-state index in [2.05, 4.69) is 10.6 Å². The van der Waals surface area contributed by atoms with Crippen LogP contribution in [0.5, 0.6) is 5.75 Å².